The Kier molecular flexibility index (Phi) is 5.38. The van der Waals surface area contributed by atoms with Crippen LogP contribution in [0.25, 0.3) is 0 Å². The molecule has 2 aromatic rings. The maximum absolute atomic E-state index is 12.4. The predicted molar refractivity (Wildman–Crippen MR) is 97.5 cm³/mol. The molecule has 136 valence electrons. The Bertz CT molecular complexity index is 792. The molecule has 1 fully saturated rings. The predicted octanol–water partition coefficient (Wildman–Crippen LogP) is 1.69. The lowest BCUT2D eigenvalue weighted by atomic mass is 10.1. The zero-order valence-corrected chi connectivity index (χ0v) is 14.4. The molecule has 1 unspecified atom stereocenters. The minimum Gasteiger partial charge on any atom is -0.497 e. The maximum Gasteiger partial charge on any atom is 0.321 e. The number of methoxy groups -OCH3 is 1. The molecule has 1 saturated heterocycles. The molecule has 1 aliphatic rings. The van der Waals surface area contributed by atoms with Gasteiger partial charge in [-0.3, -0.25) is 9.69 Å². The van der Waals surface area contributed by atoms with Gasteiger partial charge in [-0.2, -0.15) is 0 Å². The molecule has 1 heterocycles. The third-order valence-corrected chi connectivity index (χ3v) is 4.23. The first-order chi connectivity index (χ1) is 12.6. The van der Waals surface area contributed by atoms with Gasteiger partial charge in [0.15, 0.2) is 0 Å². The Balaban J connectivity index is 1.61. The number of rotatable bonds is 6. The summed E-state index contributed by atoms with van der Waals surface area (Å²) in [4.78, 5) is 25.7. The number of carbonyl (C=O) groups excluding carboxylic acids is 2. The van der Waals surface area contributed by atoms with E-state index in [1.165, 1.54) is 0 Å². The molecule has 7 nitrogen and oxygen atoms in total. The summed E-state index contributed by atoms with van der Waals surface area (Å²) >= 11 is 0. The van der Waals surface area contributed by atoms with E-state index >= 15 is 0 Å². The minimum atomic E-state index is -0.822. The fraction of sp³-hybridized carbons (Fsp3) is 0.263. The minimum absolute atomic E-state index is 0.0829. The lowest BCUT2D eigenvalue weighted by Crippen LogP contribution is -2.30. The van der Waals surface area contributed by atoms with E-state index < -0.39 is 6.10 Å². The fourth-order valence-corrected chi connectivity index (χ4v) is 2.77. The van der Waals surface area contributed by atoms with Gasteiger partial charge in [0, 0.05) is 30.9 Å². The van der Waals surface area contributed by atoms with Crippen LogP contribution in [0.4, 0.5) is 10.5 Å². The lowest BCUT2D eigenvalue weighted by molar-refractivity contribution is 0.0916. The van der Waals surface area contributed by atoms with Crippen molar-refractivity contribution in [2.75, 3.05) is 31.6 Å². The van der Waals surface area contributed by atoms with E-state index in [1.54, 1.807) is 60.5 Å². The van der Waals surface area contributed by atoms with Gasteiger partial charge in [-0.25, -0.2) is 4.79 Å². The number of urea groups is 1. The Hall–Kier alpha value is -3.06. The monoisotopic (exact) mass is 355 g/mol. The van der Waals surface area contributed by atoms with E-state index in [0.717, 1.165) is 0 Å². The molecule has 0 radical (unpaired) electrons. The Labute approximate surface area is 151 Å². The molecular weight excluding hydrogens is 334 g/mol. The molecule has 3 amide bonds. The molecule has 0 aliphatic carbocycles. The first-order valence-corrected chi connectivity index (χ1v) is 8.34. The van der Waals surface area contributed by atoms with Gasteiger partial charge in [0.1, 0.15) is 5.75 Å². The summed E-state index contributed by atoms with van der Waals surface area (Å²) < 4.78 is 5.08. The molecule has 3 rings (SSSR count). The number of nitrogens with zero attached hydrogens (tertiary/aromatic N) is 1. The second-order valence-electron chi connectivity index (χ2n) is 5.93. The average Bonchev–Trinajstić information content (AvgIpc) is 3.12. The van der Waals surface area contributed by atoms with Crippen molar-refractivity contribution in [2.45, 2.75) is 6.10 Å². The number of ether oxygens (including phenoxy) is 1. The van der Waals surface area contributed by atoms with Crippen molar-refractivity contribution in [3.05, 3.63) is 59.7 Å². The molecule has 7 heteroatoms. The highest BCUT2D eigenvalue weighted by Gasteiger charge is 2.21. The molecule has 0 aromatic heterocycles. The van der Waals surface area contributed by atoms with Crippen LogP contribution in [0, 0.1) is 0 Å². The summed E-state index contributed by atoms with van der Waals surface area (Å²) in [6, 6.07) is 13.7. The van der Waals surface area contributed by atoms with Gasteiger partial charge in [0.25, 0.3) is 5.91 Å². The van der Waals surface area contributed by atoms with Crippen LogP contribution in [0.2, 0.25) is 0 Å². The summed E-state index contributed by atoms with van der Waals surface area (Å²) in [7, 11) is 1.57. The van der Waals surface area contributed by atoms with Gasteiger partial charge in [-0.05, 0) is 35.9 Å². The highest BCUT2D eigenvalue weighted by atomic mass is 16.5. The van der Waals surface area contributed by atoms with Crippen LogP contribution in [-0.4, -0.2) is 43.8 Å². The largest absolute Gasteiger partial charge is 0.497 e. The van der Waals surface area contributed by atoms with Crippen LogP contribution in [-0.2, 0) is 0 Å². The summed E-state index contributed by atoms with van der Waals surface area (Å²) in [5.41, 5.74) is 1.79. The molecule has 0 saturated carbocycles. The van der Waals surface area contributed by atoms with Crippen molar-refractivity contribution in [3.8, 4) is 5.75 Å². The van der Waals surface area contributed by atoms with Crippen LogP contribution in [0.1, 0.15) is 22.0 Å². The number of nitrogens with one attached hydrogen (secondary N) is 2. The number of amides is 3. The number of hydrogen-bond donors (Lipinski definition) is 3. The highest BCUT2D eigenvalue weighted by Crippen LogP contribution is 2.19. The standard InChI is InChI=1S/C19H21N3O4/c1-26-16-7-5-13(6-8-16)17(23)12-21-18(24)14-3-2-4-15(11-14)22-10-9-20-19(22)25/h2-8,11,17,23H,9-10,12H2,1H3,(H,20,25)(H,21,24). The second-order valence-corrected chi connectivity index (χ2v) is 5.93. The molecule has 1 aliphatic heterocycles. The number of hydrogen-bond acceptors (Lipinski definition) is 4. The zero-order valence-electron chi connectivity index (χ0n) is 14.4. The van der Waals surface area contributed by atoms with E-state index in [2.05, 4.69) is 10.6 Å². The van der Waals surface area contributed by atoms with Crippen LogP contribution in [0.15, 0.2) is 48.5 Å². The van der Waals surface area contributed by atoms with Crippen molar-refractivity contribution in [3.63, 3.8) is 0 Å². The van der Waals surface area contributed by atoms with Gasteiger partial charge in [0.2, 0.25) is 0 Å². The summed E-state index contributed by atoms with van der Waals surface area (Å²) in [5, 5.41) is 15.7. The van der Waals surface area contributed by atoms with Crippen molar-refractivity contribution in [2.24, 2.45) is 0 Å². The number of carbonyl (C=O) groups is 2. The SMILES string of the molecule is COc1ccc(C(O)CNC(=O)c2cccc(N3CCNC3=O)c2)cc1. The number of benzene rings is 2. The highest BCUT2D eigenvalue weighted by molar-refractivity contribution is 5.98. The topological polar surface area (TPSA) is 90.9 Å². The van der Waals surface area contributed by atoms with Crippen LogP contribution >= 0.6 is 0 Å². The van der Waals surface area contributed by atoms with E-state index in [4.69, 9.17) is 4.74 Å². The van der Waals surface area contributed by atoms with Gasteiger partial charge >= 0.3 is 6.03 Å². The van der Waals surface area contributed by atoms with Crippen molar-refractivity contribution in [1.29, 1.82) is 0 Å². The normalized spacial score (nSPS) is 14.7. The Morgan fingerprint density at radius 3 is 2.73 bits per heavy atom. The van der Waals surface area contributed by atoms with Crippen LogP contribution in [0.5, 0.6) is 5.75 Å². The second kappa shape index (κ2) is 7.88. The first kappa shape index (κ1) is 17.8. The van der Waals surface area contributed by atoms with Crippen LogP contribution < -0.4 is 20.3 Å². The Morgan fingerprint density at radius 2 is 2.08 bits per heavy atom. The smallest absolute Gasteiger partial charge is 0.321 e. The quantitative estimate of drug-likeness (QED) is 0.735. The third kappa shape index (κ3) is 3.94. The molecule has 3 N–H and O–H groups in total. The Morgan fingerprint density at radius 1 is 1.31 bits per heavy atom. The summed E-state index contributed by atoms with van der Waals surface area (Å²) in [5.74, 6) is 0.395. The first-order valence-electron chi connectivity index (χ1n) is 8.34. The van der Waals surface area contributed by atoms with Crippen molar-refractivity contribution >= 4 is 17.6 Å². The molecule has 0 bridgehead atoms. The van der Waals surface area contributed by atoms with Crippen LogP contribution in [0.3, 0.4) is 0 Å². The number of aliphatic hydroxyl groups excluding tert-OH is 1. The maximum atomic E-state index is 12.4. The van der Waals surface area contributed by atoms with E-state index in [-0.39, 0.29) is 18.5 Å². The fourth-order valence-electron chi connectivity index (χ4n) is 2.77. The van der Waals surface area contributed by atoms with E-state index in [0.29, 0.717) is 35.7 Å². The lowest BCUT2D eigenvalue weighted by Gasteiger charge is -2.16. The van der Waals surface area contributed by atoms with Gasteiger partial charge in [-0.15, -0.1) is 0 Å². The van der Waals surface area contributed by atoms with Crippen molar-refractivity contribution in [1.82, 2.24) is 10.6 Å². The zero-order chi connectivity index (χ0) is 18.5. The molecule has 26 heavy (non-hydrogen) atoms. The molecule has 1 atom stereocenters. The van der Waals surface area contributed by atoms with Gasteiger partial charge in [0.05, 0.1) is 13.2 Å². The van der Waals surface area contributed by atoms with E-state index in [9.17, 15) is 14.7 Å². The number of aliphatic hydroxyl groups is 1. The van der Waals surface area contributed by atoms with Gasteiger partial charge < -0.3 is 20.5 Å². The molecular formula is C19H21N3O4. The number of anilines is 1. The molecule has 2 aromatic carbocycles. The summed E-state index contributed by atoms with van der Waals surface area (Å²) in [6.07, 6.45) is -0.822. The van der Waals surface area contributed by atoms with Crippen molar-refractivity contribution < 1.29 is 19.4 Å². The summed E-state index contributed by atoms with van der Waals surface area (Å²) in [6.45, 7) is 1.24. The third-order valence-electron chi connectivity index (χ3n) is 4.23. The van der Waals surface area contributed by atoms with Gasteiger partial charge in [-0.1, -0.05) is 18.2 Å². The molecule has 0 spiro atoms. The average molecular weight is 355 g/mol. The van der Waals surface area contributed by atoms with E-state index in [1.807, 2.05) is 0 Å².